The number of nitrogens with zero attached hydrogens (tertiary/aromatic N) is 2. The third-order valence-corrected chi connectivity index (χ3v) is 10.9. The summed E-state index contributed by atoms with van der Waals surface area (Å²) in [6.45, 7) is 14.7. The summed E-state index contributed by atoms with van der Waals surface area (Å²) >= 11 is 0. The number of hydrogen-bond donors (Lipinski definition) is 0. The Morgan fingerprint density at radius 3 is 2.46 bits per heavy atom. The fourth-order valence-corrected chi connectivity index (χ4v) is 5.22. The van der Waals surface area contributed by atoms with Crippen LogP contribution >= 0.6 is 0 Å². The molecule has 0 N–H and O–H groups in total. The molecule has 26 heavy (non-hydrogen) atoms. The lowest BCUT2D eigenvalue weighted by Crippen LogP contribution is -2.44. The quantitative estimate of drug-likeness (QED) is 0.716. The normalized spacial score (nSPS) is 28.8. The van der Waals surface area contributed by atoms with E-state index in [4.69, 9.17) is 9.26 Å². The molecule has 2 aliphatic heterocycles. The summed E-state index contributed by atoms with van der Waals surface area (Å²) in [4.78, 5) is 8.70. The number of rotatable bonds is 5. The first-order valence-electron chi connectivity index (χ1n) is 9.99. The zero-order valence-corrected chi connectivity index (χ0v) is 18.4. The van der Waals surface area contributed by atoms with Gasteiger partial charge in [0.05, 0.1) is 12.2 Å². The largest absolute Gasteiger partial charge is 0.413 e. The van der Waals surface area contributed by atoms with Crippen molar-refractivity contribution in [3.05, 3.63) is 35.9 Å². The predicted molar refractivity (Wildman–Crippen MR) is 109 cm³/mol. The SMILES string of the molecule is CN1CC[C@@H]([C@@H]2C[C@@H](O[Si](C)(C)C(C)(C)C)CN2Cc2ccccc2)O1. The molecule has 0 spiro atoms. The molecule has 0 radical (unpaired) electrons. The van der Waals surface area contributed by atoms with Gasteiger partial charge in [0.2, 0.25) is 0 Å². The van der Waals surface area contributed by atoms with Crippen molar-refractivity contribution < 1.29 is 9.26 Å². The van der Waals surface area contributed by atoms with Crippen LogP contribution in [0.4, 0.5) is 0 Å². The van der Waals surface area contributed by atoms with E-state index in [0.29, 0.717) is 12.1 Å². The lowest BCUT2D eigenvalue weighted by molar-refractivity contribution is -0.144. The Labute approximate surface area is 160 Å². The van der Waals surface area contributed by atoms with Crippen LogP contribution in [0.3, 0.4) is 0 Å². The maximum atomic E-state index is 6.78. The third-order valence-electron chi connectivity index (χ3n) is 6.38. The van der Waals surface area contributed by atoms with Gasteiger partial charge >= 0.3 is 0 Å². The van der Waals surface area contributed by atoms with Gasteiger partial charge < -0.3 is 4.43 Å². The van der Waals surface area contributed by atoms with Gasteiger partial charge in [0.25, 0.3) is 0 Å². The van der Waals surface area contributed by atoms with E-state index in [-0.39, 0.29) is 11.1 Å². The Morgan fingerprint density at radius 1 is 1.19 bits per heavy atom. The second-order valence-corrected chi connectivity index (χ2v) is 14.3. The van der Waals surface area contributed by atoms with Crippen molar-refractivity contribution in [3.8, 4) is 0 Å². The minimum absolute atomic E-state index is 0.249. The molecule has 0 bridgehead atoms. The molecule has 5 heteroatoms. The maximum absolute atomic E-state index is 6.78. The highest BCUT2D eigenvalue weighted by atomic mass is 28.4. The van der Waals surface area contributed by atoms with E-state index in [1.807, 2.05) is 12.1 Å². The van der Waals surface area contributed by atoms with E-state index in [0.717, 1.165) is 32.5 Å². The lowest BCUT2D eigenvalue weighted by atomic mass is 10.0. The summed E-state index contributed by atoms with van der Waals surface area (Å²) in [5, 5.41) is 2.24. The Morgan fingerprint density at radius 2 is 1.88 bits per heavy atom. The number of likely N-dealkylation sites (tertiary alicyclic amines) is 1. The van der Waals surface area contributed by atoms with E-state index in [9.17, 15) is 0 Å². The summed E-state index contributed by atoms with van der Waals surface area (Å²) in [5.74, 6) is 0. The predicted octanol–water partition coefficient (Wildman–Crippen LogP) is 4.29. The topological polar surface area (TPSA) is 24.9 Å². The Hall–Kier alpha value is -0.723. The molecule has 0 unspecified atom stereocenters. The average Bonchev–Trinajstić information content (AvgIpc) is 3.13. The van der Waals surface area contributed by atoms with Gasteiger partial charge in [-0.1, -0.05) is 51.1 Å². The minimum Gasteiger partial charge on any atom is -0.413 e. The zero-order valence-electron chi connectivity index (χ0n) is 17.4. The number of hydrogen-bond acceptors (Lipinski definition) is 4. The van der Waals surface area contributed by atoms with Crippen molar-refractivity contribution in [2.24, 2.45) is 0 Å². The van der Waals surface area contributed by atoms with Gasteiger partial charge in [0.15, 0.2) is 8.32 Å². The summed E-state index contributed by atoms with van der Waals surface area (Å²) in [7, 11) is 0.290. The fraction of sp³-hybridized carbons (Fsp3) is 0.714. The highest BCUT2D eigenvalue weighted by Gasteiger charge is 2.45. The summed E-state index contributed by atoms with van der Waals surface area (Å²) in [5.41, 5.74) is 1.37. The van der Waals surface area contributed by atoms with Gasteiger partial charge in [-0.3, -0.25) is 9.74 Å². The molecule has 2 fully saturated rings. The lowest BCUT2D eigenvalue weighted by Gasteiger charge is -2.38. The van der Waals surface area contributed by atoms with E-state index in [1.165, 1.54) is 5.56 Å². The van der Waals surface area contributed by atoms with Crippen molar-refractivity contribution in [3.63, 3.8) is 0 Å². The van der Waals surface area contributed by atoms with Crippen LogP contribution in [-0.2, 0) is 15.8 Å². The second kappa shape index (κ2) is 7.72. The van der Waals surface area contributed by atoms with Crippen LogP contribution in [0.15, 0.2) is 30.3 Å². The van der Waals surface area contributed by atoms with E-state index >= 15 is 0 Å². The highest BCUT2D eigenvalue weighted by molar-refractivity contribution is 6.74. The fourth-order valence-electron chi connectivity index (χ4n) is 3.86. The van der Waals surface area contributed by atoms with Crippen molar-refractivity contribution in [1.82, 2.24) is 9.96 Å². The molecule has 0 aliphatic carbocycles. The van der Waals surface area contributed by atoms with E-state index in [1.54, 1.807) is 0 Å². The maximum Gasteiger partial charge on any atom is 0.192 e. The molecule has 2 heterocycles. The first-order chi connectivity index (χ1) is 12.2. The van der Waals surface area contributed by atoms with Gasteiger partial charge in [-0.2, -0.15) is 5.06 Å². The number of benzene rings is 1. The molecular weight excluding hydrogens is 340 g/mol. The Kier molecular flexibility index (Phi) is 5.95. The Bertz CT molecular complexity index is 587. The summed E-state index contributed by atoms with van der Waals surface area (Å²) in [6, 6.07) is 11.2. The van der Waals surface area contributed by atoms with E-state index in [2.05, 4.69) is 69.1 Å². The molecule has 4 nitrogen and oxygen atoms in total. The van der Waals surface area contributed by atoms with Crippen LogP contribution in [-0.4, -0.2) is 56.7 Å². The molecule has 3 rings (SSSR count). The molecule has 2 saturated heterocycles. The van der Waals surface area contributed by atoms with Gasteiger partial charge in [0.1, 0.15) is 0 Å². The average molecular weight is 377 g/mol. The van der Waals surface area contributed by atoms with Gasteiger partial charge in [-0.05, 0) is 36.5 Å². The van der Waals surface area contributed by atoms with Crippen molar-refractivity contribution in [2.45, 2.75) is 76.5 Å². The van der Waals surface area contributed by atoms with Crippen LogP contribution in [0, 0.1) is 0 Å². The molecule has 0 amide bonds. The van der Waals surface area contributed by atoms with Crippen molar-refractivity contribution in [1.29, 1.82) is 0 Å². The Balaban J connectivity index is 1.72. The third kappa shape index (κ3) is 4.57. The van der Waals surface area contributed by atoms with Crippen LogP contribution in [0.2, 0.25) is 18.1 Å². The molecule has 146 valence electrons. The van der Waals surface area contributed by atoms with Crippen molar-refractivity contribution >= 4 is 8.32 Å². The van der Waals surface area contributed by atoms with Crippen LogP contribution < -0.4 is 0 Å². The standard InChI is InChI=1S/C21H36N2O2Si/c1-21(2,3)26(5,6)25-18-14-19(20-12-13-22(4)24-20)23(16-18)15-17-10-8-7-9-11-17/h7-11,18-20H,12-16H2,1-6H3/t18-,19+,20+/m1/s1. The van der Waals surface area contributed by atoms with Crippen molar-refractivity contribution in [2.75, 3.05) is 20.1 Å². The van der Waals surface area contributed by atoms with Gasteiger partial charge in [-0.15, -0.1) is 0 Å². The molecule has 1 aromatic rings. The van der Waals surface area contributed by atoms with Gasteiger partial charge in [0, 0.05) is 32.7 Å². The van der Waals surface area contributed by atoms with Gasteiger partial charge in [-0.25, -0.2) is 0 Å². The van der Waals surface area contributed by atoms with Crippen LogP contribution in [0.5, 0.6) is 0 Å². The molecule has 1 aromatic carbocycles. The second-order valence-electron chi connectivity index (χ2n) is 9.50. The summed E-state index contributed by atoms with van der Waals surface area (Å²) < 4.78 is 6.78. The zero-order chi connectivity index (χ0) is 18.9. The van der Waals surface area contributed by atoms with Crippen LogP contribution in [0.25, 0.3) is 0 Å². The molecular formula is C21H36N2O2Si. The summed E-state index contributed by atoms with van der Waals surface area (Å²) in [6.07, 6.45) is 2.80. The highest BCUT2D eigenvalue weighted by Crippen LogP contribution is 2.40. The molecule has 0 aromatic heterocycles. The van der Waals surface area contributed by atoms with Crippen LogP contribution in [0.1, 0.15) is 39.2 Å². The minimum atomic E-state index is -1.75. The smallest absolute Gasteiger partial charge is 0.192 e. The molecule has 0 saturated carbocycles. The first kappa shape index (κ1) is 20.0. The van der Waals surface area contributed by atoms with E-state index < -0.39 is 8.32 Å². The molecule has 3 atom stereocenters. The first-order valence-corrected chi connectivity index (χ1v) is 12.9. The number of hydroxylamine groups is 2. The monoisotopic (exact) mass is 376 g/mol. The molecule has 2 aliphatic rings.